The summed E-state index contributed by atoms with van der Waals surface area (Å²) in [6, 6.07) is 0.0594. The molecule has 17 heavy (non-hydrogen) atoms. The molecule has 1 amide bonds. The van der Waals surface area contributed by atoms with Gasteiger partial charge in [0.2, 0.25) is 5.91 Å². The molecule has 2 atom stereocenters. The highest BCUT2D eigenvalue weighted by Crippen LogP contribution is 2.16. The highest BCUT2D eigenvalue weighted by molar-refractivity contribution is 5.82. The second-order valence-electron chi connectivity index (χ2n) is 5.01. The molecule has 98 valence electrons. The summed E-state index contributed by atoms with van der Waals surface area (Å²) in [6.07, 6.45) is 5.78. The summed E-state index contributed by atoms with van der Waals surface area (Å²) < 4.78 is 5.64. The Hall–Kier alpha value is -0.610. The monoisotopic (exact) mass is 240 g/mol. The van der Waals surface area contributed by atoms with Crippen molar-refractivity contribution in [2.45, 2.75) is 51.2 Å². The molecule has 0 bridgehead atoms. The van der Waals surface area contributed by atoms with Gasteiger partial charge >= 0.3 is 0 Å². The van der Waals surface area contributed by atoms with Gasteiger partial charge in [-0.1, -0.05) is 6.42 Å². The zero-order valence-electron chi connectivity index (χ0n) is 10.8. The number of likely N-dealkylation sites (tertiary alicyclic amines) is 1. The number of nitrogens with zero attached hydrogens (tertiary/aromatic N) is 1. The molecule has 0 aromatic rings. The third kappa shape index (κ3) is 3.42. The maximum absolute atomic E-state index is 12.3. The second kappa shape index (κ2) is 6.36. The maximum Gasteiger partial charge on any atom is 0.239 e. The van der Waals surface area contributed by atoms with E-state index in [1.54, 1.807) is 0 Å². The van der Waals surface area contributed by atoms with Crippen molar-refractivity contribution in [3.8, 4) is 0 Å². The van der Waals surface area contributed by atoms with E-state index in [2.05, 4.69) is 5.32 Å². The van der Waals surface area contributed by atoms with Crippen LogP contribution in [0.2, 0.25) is 0 Å². The standard InChI is InChI=1S/C13H24N2O2/c1-2-17-11-6-5-9-15(10-11)13(16)12-7-3-4-8-14-12/h11-12,14H,2-10H2,1H3/t11-,12-/m0/s1. The average molecular weight is 240 g/mol. The van der Waals surface area contributed by atoms with E-state index < -0.39 is 0 Å². The summed E-state index contributed by atoms with van der Waals surface area (Å²) >= 11 is 0. The summed E-state index contributed by atoms with van der Waals surface area (Å²) in [7, 11) is 0. The summed E-state index contributed by atoms with van der Waals surface area (Å²) in [4.78, 5) is 14.3. The van der Waals surface area contributed by atoms with Crippen molar-refractivity contribution < 1.29 is 9.53 Å². The molecule has 0 aromatic carbocycles. The molecule has 4 heteroatoms. The maximum atomic E-state index is 12.3. The van der Waals surface area contributed by atoms with Gasteiger partial charge in [0.25, 0.3) is 0 Å². The van der Waals surface area contributed by atoms with Gasteiger partial charge in [-0.3, -0.25) is 4.79 Å². The molecule has 2 heterocycles. The fourth-order valence-corrected chi connectivity index (χ4v) is 2.79. The van der Waals surface area contributed by atoms with Crippen LogP contribution in [-0.4, -0.2) is 49.2 Å². The van der Waals surface area contributed by atoms with E-state index in [9.17, 15) is 4.79 Å². The Bertz CT molecular complexity index is 250. The molecule has 2 aliphatic heterocycles. The SMILES string of the molecule is CCO[C@H]1CCCN(C(=O)[C@@H]2CCCCN2)C1. The Balaban J connectivity index is 1.85. The molecule has 0 spiro atoms. The van der Waals surface area contributed by atoms with Gasteiger partial charge in [0.1, 0.15) is 0 Å². The van der Waals surface area contributed by atoms with Gasteiger partial charge in [0, 0.05) is 19.7 Å². The Morgan fingerprint density at radius 3 is 2.94 bits per heavy atom. The van der Waals surface area contributed by atoms with Gasteiger partial charge in [-0.25, -0.2) is 0 Å². The molecule has 4 nitrogen and oxygen atoms in total. The summed E-state index contributed by atoms with van der Waals surface area (Å²) in [5.41, 5.74) is 0. The number of piperidine rings is 2. The molecular formula is C13H24N2O2. The first-order chi connectivity index (χ1) is 8.31. The van der Waals surface area contributed by atoms with Gasteiger partial charge < -0.3 is 15.0 Å². The Morgan fingerprint density at radius 2 is 2.24 bits per heavy atom. The van der Waals surface area contributed by atoms with Crippen molar-refractivity contribution in [2.24, 2.45) is 0 Å². The lowest BCUT2D eigenvalue weighted by atomic mass is 10.0. The van der Waals surface area contributed by atoms with Crippen molar-refractivity contribution in [3.63, 3.8) is 0 Å². The first-order valence-electron chi connectivity index (χ1n) is 6.95. The van der Waals surface area contributed by atoms with Crippen molar-refractivity contribution in [1.29, 1.82) is 0 Å². The van der Waals surface area contributed by atoms with Crippen molar-refractivity contribution in [1.82, 2.24) is 10.2 Å². The predicted octanol–water partition coefficient (Wildman–Crippen LogP) is 1.16. The van der Waals surface area contributed by atoms with Crippen LogP contribution in [-0.2, 0) is 9.53 Å². The van der Waals surface area contributed by atoms with Crippen LogP contribution in [0.3, 0.4) is 0 Å². The highest BCUT2D eigenvalue weighted by Gasteiger charge is 2.29. The number of rotatable bonds is 3. The average Bonchev–Trinajstić information content (AvgIpc) is 2.40. The molecular weight excluding hydrogens is 216 g/mol. The smallest absolute Gasteiger partial charge is 0.239 e. The van der Waals surface area contributed by atoms with Gasteiger partial charge in [0.05, 0.1) is 12.1 Å². The Kier molecular flexibility index (Phi) is 4.80. The zero-order chi connectivity index (χ0) is 12.1. The fourth-order valence-electron chi connectivity index (χ4n) is 2.79. The lowest BCUT2D eigenvalue weighted by Crippen LogP contribution is -2.52. The van der Waals surface area contributed by atoms with Crippen LogP contribution in [0.25, 0.3) is 0 Å². The second-order valence-corrected chi connectivity index (χ2v) is 5.01. The number of nitrogens with one attached hydrogen (secondary N) is 1. The topological polar surface area (TPSA) is 41.6 Å². The number of amides is 1. The van der Waals surface area contributed by atoms with E-state index in [4.69, 9.17) is 4.74 Å². The minimum atomic E-state index is 0.0594. The molecule has 2 saturated heterocycles. The molecule has 2 rings (SSSR count). The molecule has 0 unspecified atom stereocenters. The van der Waals surface area contributed by atoms with Crippen molar-refractivity contribution in [2.75, 3.05) is 26.2 Å². The third-order valence-corrected chi connectivity index (χ3v) is 3.70. The Morgan fingerprint density at radius 1 is 1.35 bits per heavy atom. The first-order valence-corrected chi connectivity index (χ1v) is 6.95. The normalized spacial score (nSPS) is 30.3. The number of hydrogen-bond acceptors (Lipinski definition) is 3. The highest BCUT2D eigenvalue weighted by atomic mass is 16.5. The van der Waals surface area contributed by atoms with E-state index in [0.717, 1.165) is 45.5 Å². The van der Waals surface area contributed by atoms with E-state index in [1.165, 1.54) is 12.8 Å². The zero-order valence-corrected chi connectivity index (χ0v) is 10.8. The van der Waals surface area contributed by atoms with E-state index in [1.807, 2.05) is 11.8 Å². The number of carbonyl (C=O) groups is 1. The minimum Gasteiger partial charge on any atom is -0.377 e. The van der Waals surface area contributed by atoms with E-state index in [-0.39, 0.29) is 18.1 Å². The van der Waals surface area contributed by atoms with E-state index in [0.29, 0.717) is 0 Å². The van der Waals surface area contributed by atoms with Crippen molar-refractivity contribution >= 4 is 5.91 Å². The van der Waals surface area contributed by atoms with Gasteiger partial charge in [-0.2, -0.15) is 0 Å². The number of carbonyl (C=O) groups excluding carboxylic acids is 1. The number of hydrogen-bond donors (Lipinski definition) is 1. The van der Waals surface area contributed by atoms with Crippen LogP contribution in [0, 0.1) is 0 Å². The summed E-state index contributed by atoms with van der Waals surface area (Å²) in [5.74, 6) is 0.286. The molecule has 0 aromatic heterocycles. The van der Waals surface area contributed by atoms with Crippen LogP contribution < -0.4 is 5.32 Å². The van der Waals surface area contributed by atoms with Gasteiger partial charge in [-0.05, 0) is 39.2 Å². The van der Waals surface area contributed by atoms with Crippen LogP contribution in [0.5, 0.6) is 0 Å². The molecule has 0 aliphatic carbocycles. The quantitative estimate of drug-likeness (QED) is 0.805. The van der Waals surface area contributed by atoms with Crippen LogP contribution in [0.15, 0.2) is 0 Å². The molecule has 1 N–H and O–H groups in total. The van der Waals surface area contributed by atoms with Crippen LogP contribution in [0.4, 0.5) is 0 Å². The fraction of sp³-hybridized carbons (Fsp3) is 0.923. The van der Waals surface area contributed by atoms with Crippen LogP contribution in [0.1, 0.15) is 39.0 Å². The largest absolute Gasteiger partial charge is 0.377 e. The summed E-state index contributed by atoms with van der Waals surface area (Å²) in [6.45, 7) is 5.43. The Labute approximate surface area is 104 Å². The third-order valence-electron chi connectivity index (χ3n) is 3.70. The minimum absolute atomic E-state index is 0.0594. The number of ether oxygens (including phenoxy) is 1. The molecule has 2 fully saturated rings. The molecule has 0 saturated carbocycles. The first kappa shape index (κ1) is 12.8. The lowest BCUT2D eigenvalue weighted by molar-refractivity contribution is -0.138. The predicted molar refractivity (Wildman–Crippen MR) is 66.9 cm³/mol. The van der Waals surface area contributed by atoms with Gasteiger partial charge in [0.15, 0.2) is 0 Å². The van der Waals surface area contributed by atoms with Gasteiger partial charge in [-0.15, -0.1) is 0 Å². The van der Waals surface area contributed by atoms with Crippen LogP contribution >= 0.6 is 0 Å². The van der Waals surface area contributed by atoms with Crippen molar-refractivity contribution in [3.05, 3.63) is 0 Å². The molecule has 2 aliphatic rings. The van der Waals surface area contributed by atoms with E-state index >= 15 is 0 Å². The molecule has 0 radical (unpaired) electrons. The summed E-state index contributed by atoms with van der Waals surface area (Å²) in [5, 5.41) is 3.33. The lowest BCUT2D eigenvalue weighted by Gasteiger charge is -2.35.